The molecule has 0 heterocycles. The molecule has 0 N–H and O–H groups in total. The van der Waals surface area contributed by atoms with Gasteiger partial charge >= 0.3 is 0 Å². The summed E-state index contributed by atoms with van der Waals surface area (Å²) in [6, 6.07) is 5.49. The highest BCUT2D eigenvalue weighted by molar-refractivity contribution is 6.32. The summed E-state index contributed by atoms with van der Waals surface area (Å²) in [7, 11) is 0. The minimum atomic E-state index is 0.525. The summed E-state index contributed by atoms with van der Waals surface area (Å²) in [5, 5.41) is 0.525. The standard InChI is InChI=1S/C9H9ClO/c1-2-7-3-4-9(10)8(5-7)6-11/h3-6H,2H2,1H3. The average Bonchev–Trinajstić information content (AvgIpc) is 2.05. The van der Waals surface area contributed by atoms with E-state index in [4.69, 9.17) is 11.6 Å². The summed E-state index contributed by atoms with van der Waals surface area (Å²) < 4.78 is 0. The largest absolute Gasteiger partial charge is 0.298 e. The molecule has 0 saturated heterocycles. The third-order valence-corrected chi connectivity index (χ3v) is 1.94. The van der Waals surface area contributed by atoms with E-state index in [0.717, 1.165) is 18.3 Å². The van der Waals surface area contributed by atoms with Gasteiger partial charge in [0.25, 0.3) is 0 Å². The van der Waals surface area contributed by atoms with Crippen molar-refractivity contribution in [3.63, 3.8) is 0 Å². The molecular formula is C9H9ClO. The first-order chi connectivity index (χ1) is 5.27. The molecule has 0 spiro atoms. The van der Waals surface area contributed by atoms with E-state index in [2.05, 4.69) is 0 Å². The number of rotatable bonds is 2. The Labute approximate surface area is 71.0 Å². The molecular weight excluding hydrogens is 160 g/mol. The summed E-state index contributed by atoms with van der Waals surface area (Å²) in [5.41, 5.74) is 1.71. The van der Waals surface area contributed by atoms with Crippen LogP contribution >= 0.6 is 11.6 Å². The fourth-order valence-electron chi connectivity index (χ4n) is 0.903. The number of halogens is 1. The Morgan fingerprint density at radius 3 is 2.82 bits per heavy atom. The lowest BCUT2D eigenvalue weighted by molar-refractivity contribution is 0.112. The van der Waals surface area contributed by atoms with Crippen LogP contribution in [0.25, 0.3) is 0 Å². The molecule has 0 radical (unpaired) electrons. The maximum atomic E-state index is 10.4. The highest BCUT2D eigenvalue weighted by Gasteiger charge is 1.98. The highest BCUT2D eigenvalue weighted by atomic mass is 35.5. The molecule has 0 unspecified atom stereocenters. The first-order valence-electron chi connectivity index (χ1n) is 3.51. The van der Waals surface area contributed by atoms with Crippen LogP contribution in [0.5, 0.6) is 0 Å². The van der Waals surface area contributed by atoms with Gasteiger partial charge in [-0.2, -0.15) is 0 Å². The maximum absolute atomic E-state index is 10.4. The lowest BCUT2D eigenvalue weighted by Crippen LogP contribution is -1.85. The van der Waals surface area contributed by atoms with Crippen LogP contribution in [0.15, 0.2) is 18.2 Å². The molecule has 0 amide bonds. The summed E-state index contributed by atoms with van der Waals surface area (Å²) in [5.74, 6) is 0. The minimum Gasteiger partial charge on any atom is -0.298 e. The van der Waals surface area contributed by atoms with Crippen molar-refractivity contribution in [1.29, 1.82) is 0 Å². The van der Waals surface area contributed by atoms with E-state index in [1.165, 1.54) is 0 Å². The van der Waals surface area contributed by atoms with Crippen LogP contribution in [0.1, 0.15) is 22.8 Å². The second-order valence-corrected chi connectivity index (χ2v) is 2.73. The van der Waals surface area contributed by atoms with E-state index in [0.29, 0.717) is 10.6 Å². The first-order valence-corrected chi connectivity index (χ1v) is 3.89. The van der Waals surface area contributed by atoms with Gasteiger partial charge in [0.1, 0.15) is 0 Å². The van der Waals surface area contributed by atoms with Gasteiger partial charge in [0, 0.05) is 5.56 Å². The number of carbonyl (C=O) groups excluding carboxylic acids is 1. The van der Waals surface area contributed by atoms with Crippen molar-refractivity contribution in [2.75, 3.05) is 0 Å². The first kappa shape index (κ1) is 8.28. The monoisotopic (exact) mass is 168 g/mol. The number of aldehydes is 1. The average molecular weight is 169 g/mol. The maximum Gasteiger partial charge on any atom is 0.151 e. The van der Waals surface area contributed by atoms with Gasteiger partial charge in [0.2, 0.25) is 0 Å². The van der Waals surface area contributed by atoms with Crippen molar-refractivity contribution in [2.24, 2.45) is 0 Å². The quantitative estimate of drug-likeness (QED) is 0.621. The van der Waals surface area contributed by atoms with E-state index in [1.807, 2.05) is 19.1 Å². The van der Waals surface area contributed by atoms with Gasteiger partial charge in [-0.25, -0.2) is 0 Å². The molecule has 2 heteroatoms. The van der Waals surface area contributed by atoms with Crippen LogP contribution < -0.4 is 0 Å². The van der Waals surface area contributed by atoms with E-state index < -0.39 is 0 Å². The smallest absolute Gasteiger partial charge is 0.151 e. The van der Waals surface area contributed by atoms with E-state index >= 15 is 0 Å². The second kappa shape index (κ2) is 3.54. The van der Waals surface area contributed by atoms with Crippen LogP contribution in [-0.2, 0) is 6.42 Å². The van der Waals surface area contributed by atoms with Gasteiger partial charge in [-0.3, -0.25) is 4.79 Å². The zero-order chi connectivity index (χ0) is 8.27. The lowest BCUT2D eigenvalue weighted by Gasteiger charge is -1.98. The van der Waals surface area contributed by atoms with E-state index in [-0.39, 0.29) is 0 Å². The van der Waals surface area contributed by atoms with E-state index in [1.54, 1.807) is 6.07 Å². The Morgan fingerprint density at radius 1 is 1.55 bits per heavy atom. The van der Waals surface area contributed by atoms with Crippen LogP contribution in [0.2, 0.25) is 5.02 Å². The molecule has 58 valence electrons. The minimum absolute atomic E-state index is 0.525. The molecule has 0 fully saturated rings. The molecule has 0 atom stereocenters. The molecule has 1 nitrogen and oxygen atoms in total. The zero-order valence-corrected chi connectivity index (χ0v) is 7.06. The number of hydrogen-bond acceptors (Lipinski definition) is 1. The fourth-order valence-corrected chi connectivity index (χ4v) is 1.07. The van der Waals surface area contributed by atoms with Gasteiger partial charge in [0.05, 0.1) is 5.02 Å². The Morgan fingerprint density at radius 2 is 2.27 bits per heavy atom. The van der Waals surface area contributed by atoms with Gasteiger partial charge in [0.15, 0.2) is 6.29 Å². The number of carbonyl (C=O) groups is 1. The Kier molecular flexibility index (Phi) is 2.66. The summed E-state index contributed by atoms with van der Waals surface area (Å²) in [6.07, 6.45) is 1.71. The second-order valence-electron chi connectivity index (χ2n) is 2.33. The van der Waals surface area contributed by atoms with Gasteiger partial charge in [-0.15, -0.1) is 0 Å². The summed E-state index contributed by atoms with van der Waals surface area (Å²) >= 11 is 5.72. The SMILES string of the molecule is CCc1ccc(Cl)c(C=O)c1. The molecule has 0 aromatic heterocycles. The molecule has 1 aromatic rings. The van der Waals surface area contributed by atoms with Crippen molar-refractivity contribution >= 4 is 17.9 Å². The topological polar surface area (TPSA) is 17.1 Å². The summed E-state index contributed by atoms with van der Waals surface area (Å²) in [4.78, 5) is 10.4. The Balaban J connectivity index is 3.12. The molecule has 0 saturated carbocycles. The Bertz CT molecular complexity index is 268. The van der Waals surface area contributed by atoms with Crippen LogP contribution in [0.3, 0.4) is 0 Å². The molecule has 0 aliphatic rings. The highest BCUT2D eigenvalue weighted by Crippen LogP contribution is 2.15. The third-order valence-electron chi connectivity index (χ3n) is 1.60. The molecule has 0 aliphatic carbocycles. The van der Waals surface area contributed by atoms with Crippen molar-refractivity contribution in [3.05, 3.63) is 34.3 Å². The number of benzene rings is 1. The number of hydrogen-bond donors (Lipinski definition) is 0. The van der Waals surface area contributed by atoms with Gasteiger partial charge in [-0.1, -0.05) is 24.6 Å². The van der Waals surface area contributed by atoms with Crippen LogP contribution in [0, 0.1) is 0 Å². The third kappa shape index (κ3) is 1.81. The van der Waals surface area contributed by atoms with Crippen molar-refractivity contribution in [3.8, 4) is 0 Å². The molecule has 0 bridgehead atoms. The lowest BCUT2D eigenvalue weighted by atomic mass is 10.1. The summed E-state index contributed by atoms with van der Waals surface area (Å²) in [6.45, 7) is 2.04. The van der Waals surface area contributed by atoms with Crippen molar-refractivity contribution in [1.82, 2.24) is 0 Å². The molecule has 1 aromatic carbocycles. The predicted molar refractivity (Wildman–Crippen MR) is 46.2 cm³/mol. The van der Waals surface area contributed by atoms with E-state index in [9.17, 15) is 4.79 Å². The van der Waals surface area contributed by atoms with Gasteiger partial charge < -0.3 is 0 Å². The van der Waals surface area contributed by atoms with Gasteiger partial charge in [-0.05, 0) is 24.1 Å². The molecule has 1 rings (SSSR count). The normalized spacial score (nSPS) is 9.64. The van der Waals surface area contributed by atoms with Crippen molar-refractivity contribution in [2.45, 2.75) is 13.3 Å². The number of aryl methyl sites for hydroxylation is 1. The predicted octanol–water partition coefficient (Wildman–Crippen LogP) is 2.71. The zero-order valence-electron chi connectivity index (χ0n) is 6.30. The van der Waals surface area contributed by atoms with Crippen LogP contribution in [0.4, 0.5) is 0 Å². The van der Waals surface area contributed by atoms with Crippen molar-refractivity contribution < 1.29 is 4.79 Å². The van der Waals surface area contributed by atoms with Crippen LogP contribution in [-0.4, -0.2) is 6.29 Å². The fraction of sp³-hybridized carbons (Fsp3) is 0.222. The Hall–Kier alpha value is -0.820. The molecule has 11 heavy (non-hydrogen) atoms. The molecule has 0 aliphatic heterocycles.